The number of ether oxygens (including phenoxy) is 1. The van der Waals surface area contributed by atoms with E-state index in [1.807, 2.05) is 11.4 Å². The highest BCUT2D eigenvalue weighted by Gasteiger charge is 2.11. The fourth-order valence-corrected chi connectivity index (χ4v) is 3.03. The Kier molecular flexibility index (Phi) is 5.96. The third-order valence-corrected chi connectivity index (χ3v) is 4.49. The highest BCUT2D eigenvalue weighted by atomic mass is 32.1. The molecule has 0 saturated heterocycles. The van der Waals surface area contributed by atoms with Crippen molar-refractivity contribution >= 4 is 22.4 Å². The van der Waals surface area contributed by atoms with Gasteiger partial charge < -0.3 is 4.74 Å². The number of anilines is 1. The topological polar surface area (TPSA) is 51.2 Å². The quantitative estimate of drug-likeness (QED) is 0.568. The van der Waals surface area contributed by atoms with Crippen LogP contribution in [0.1, 0.15) is 30.1 Å². The predicted octanol–water partition coefficient (Wildman–Crippen LogP) is 5.38. The highest BCUT2D eigenvalue weighted by molar-refractivity contribution is 7.14. The molecule has 26 heavy (non-hydrogen) atoms. The van der Waals surface area contributed by atoms with Crippen molar-refractivity contribution in [1.29, 1.82) is 0 Å². The molecule has 6 heteroatoms. The number of unbranched alkanes of at least 4 members (excludes halogenated alkanes) is 1. The standard InChI is InChI=1S/C20H19FN2O2S/c1-2-3-11-25-17-6-4-5-15(12-17)19(24)23-20-22-18(13-26-20)14-7-9-16(21)10-8-14/h4-10,12-13H,2-3,11H2,1H3,(H,22,23,24). The molecule has 3 aromatic rings. The summed E-state index contributed by atoms with van der Waals surface area (Å²) in [6, 6.07) is 13.2. The molecule has 1 heterocycles. The molecule has 0 atom stereocenters. The van der Waals surface area contributed by atoms with Crippen molar-refractivity contribution in [3.05, 3.63) is 65.3 Å². The van der Waals surface area contributed by atoms with Crippen molar-refractivity contribution < 1.29 is 13.9 Å². The van der Waals surface area contributed by atoms with Gasteiger partial charge >= 0.3 is 0 Å². The van der Waals surface area contributed by atoms with Crippen LogP contribution in [-0.4, -0.2) is 17.5 Å². The number of aromatic nitrogens is 1. The van der Waals surface area contributed by atoms with Crippen LogP contribution in [0.2, 0.25) is 0 Å². The van der Waals surface area contributed by atoms with E-state index < -0.39 is 0 Å². The Bertz CT molecular complexity index is 878. The van der Waals surface area contributed by atoms with Crippen molar-refractivity contribution in [3.63, 3.8) is 0 Å². The van der Waals surface area contributed by atoms with Gasteiger partial charge in [-0.2, -0.15) is 0 Å². The number of thiazole rings is 1. The van der Waals surface area contributed by atoms with Gasteiger partial charge in [0.05, 0.1) is 12.3 Å². The van der Waals surface area contributed by atoms with E-state index in [2.05, 4.69) is 17.2 Å². The van der Waals surface area contributed by atoms with E-state index in [4.69, 9.17) is 4.74 Å². The maximum absolute atomic E-state index is 13.0. The van der Waals surface area contributed by atoms with Crippen LogP contribution in [0.25, 0.3) is 11.3 Å². The van der Waals surface area contributed by atoms with Gasteiger partial charge in [0.15, 0.2) is 5.13 Å². The Hall–Kier alpha value is -2.73. The number of carbonyl (C=O) groups is 1. The van der Waals surface area contributed by atoms with Crippen LogP contribution in [-0.2, 0) is 0 Å². The summed E-state index contributed by atoms with van der Waals surface area (Å²) in [5.74, 6) is 0.140. The minimum absolute atomic E-state index is 0.244. The molecule has 4 nitrogen and oxygen atoms in total. The Morgan fingerprint density at radius 3 is 2.81 bits per heavy atom. The zero-order valence-corrected chi connectivity index (χ0v) is 15.2. The molecule has 0 bridgehead atoms. The number of nitrogens with one attached hydrogen (secondary N) is 1. The van der Waals surface area contributed by atoms with Crippen molar-refractivity contribution in [2.75, 3.05) is 11.9 Å². The van der Waals surface area contributed by atoms with E-state index >= 15 is 0 Å². The number of hydrogen-bond donors (Lipinski definition) is 1. The summed E-state index contributed by atoms with van der Waals surface area (Å²) in [4.78, 5) is 16.8. The highest BCUT2D eigenvalue weighted by Crippen LogP contribution is 2.25. The number of nitrogens with zero attached hydrogens (tertiary/aromatic N) is 1. The largest absolute Gasteiger partial charge is 0.494 e. The van der Waals surface area contributed by atoms with Crippen LogP contribution in [0.3, 0.4) is 0 Å². The second-order valence-electron chi connectivity index (χ2n) is 5.73. The van der Waals surface area contributed by atoms with Gasteiger partial charge in [0, 0.05) is 16.5 Å². The molecule has 3 rings (SSSR count). The van der Waals surface area contributed by atoms with Crippen LogP contribution < -0.4 is 10.1 Å². The van der Waals surface area contributed by atoms with Crippen LogP contribution in [0.5, 0.6) is 5.75 Å². The SMILES string of the molecule is CCCCOc1cccc(C(=O)Nc2nc(-c3ccc(F)cc3)cs2)c1. The predicted molar refractivity (Wildman–Crippen MR) is 102 cm³/mol. The van der Waals surface area contributed by atoms with Gasteiger partial charge in [0.1, 0.15) is 11.6 Å². The summed E-state index contributed by atoms with van der Waals surface area (Å²) >= 11 is 1.32. The number of rotatable bonds is 7. The molecule has 1 aromatic heterocycles. The number of halogens is 1. The first kappa shape index (κ1) is 18.1. The molecule has 0 spiro atoms. The molecule has 134 valence electrons. The van der Waals surface area contributed by atoms with Crippen molar-refractivity contribution in [1.82, 2.24) is 4.98 Å². The van der Waals surface area contributed by atoms with Gasteiger partial charge in [-0.25, -0.2) is 9.37 Å². The second-order valence-corrected chi connectivity index (χ2v) is 6.59. The van der Waals surface area contributed by atoms with E-state index in [1.165, 1.54) is 23.5 Å². The first-order chi connectivity index (χ1) is 12.7. The molecule has 0 radical (unpaired) electrons. The molecule has 0 aliphatic heterocycles. The summed E-state index contributed by atoms with van der Waals surface area (Å²) in [5, 5.41) is 5.11. The number of hydrogen-bond acceptors (Lipinski definition) is 4. The fraction of sp³-hybridized carbons (Fsp3) is 0.200. The third-order valence-electron chi connectivity index (χ3n) is 3.73. The minimum atomic E-state index is -0.293. The van der Waals surface area contributed by atoms with E-state index in [0.717, 1.165) is 18.4 Å². The van der Waals surface area contributed by atoms with Crippen LogP contribution in [0.4, 0.5) is 9.52 Å². The molecule has 0 aliphatic carbocycles. The van der Waals surface area contributed by atoms with E-state index in [0.29, 0.717) is 28.7 Å². The molecule has 0 aliphatic rings. The van der Waals surface area contributed by atoms with Gasteiger partial charge in [0.25, 0.3) is 5.91 Å². The minimum Gasteiger partial charge on any atom is -0.494 e. The lowest BCUT2D eigenvalue weighted by molar-refractivity contribution is 0.102. The summed E-state index contributed by atoms with van der Waals surface area (Å²) in [7, 11) is 0. The van der Waals surface area contributed by atoms with Crippen LogP contribution in [0.15, 0.2) is 53.9 Å². The van der Waals surface area contributed by atoms with Crippen LogP contribution >= 0.6 is 11.3 Å². The lowest BCUT2D eigenvalue weighted by Crippen LogP contribution is -2.11. The smallest absolute Gasteiger partial charge is 0.257 e. The molecule has 1 amide bonds. The average molecular weight is 370 g/mol. The summed E-state index contributed by atoms with van der Waals surface area (Å²) in [6.07, 6.45) is 2.03. The van der Waals surface area contributed by atoms with Gasteiger partial charge in [-0.1, -0.05) is 19.4 Å². The Labute approximate surface area is 155 Å². The molecular weight excluding hydrogens is 351 g/mol. The zero-order chi connectivity index (χ0) is 18.4. The summed E-state index contributed by atoms with van der Waals surface area (Å²) in [6.45, 7) is 2.73. The van der Waals surface area contributed by atoms with E-state index in [1.54, 1.807) is 30.3 Å². The van der Waals surface area contributed by atoms with Crippen molar-refractivity contribution in [2.45, 2.75) is 19.8 Å². The van der Waals surface area contributed by atoms with E-state index in [9.17, 15) is 9.18 Å². The Morgan fingerprint density at radius 2 is 2.04 bits per heavy atom. The van der Waals surface area contributed by atoms with Crippen LogP contribution in [0, 0.1) is 5.82 Å². The molecule has 0 fully saturated rings. The van der Waals surface area contributed by atoms with Gasteiger partial charge in [-0.15, -0.1) is 11.3 Å². The Balaban J connectivity index is 1.66. The first-order valence-electron chi connectivity index (χ1n) is 8.41. The molecular formula is C20H19FN2O2S. The average Bonchev–Trinajstić information content (AvgIpc) is 3.11. The number of benzene rings is 2. The summed E-state index contributed by atoms with van der Waals surface area (Å²) in [5.41, 5.74) is 2.01. The maximum atomic E-state index is 13.0. The fourth-order valence-electron chi connectivity index (χ4n) is 2.32. The molecule has 2 aromatic carbocycles. The summed E-state index contributed by atoms with van der Waals surface area (Å²) < 4.78 is 18.6. The monoisotopic (exact) mass is 370 g/mol. The molecule has 1 N–H and O–H groups in total. The lowest BCUT2D eigenvalue weighted by Gasteiger charge is -2.07. The number of amides is 1. The first-order valence-corrected chi connectivity index (χ1v) is 9.29. The van der Waals surface area contributed by atoms with Gasteiger partial charge in [-0.3, -0.25) is 10.1 Å². The normalized spacial score (nSPS) is 10.5. The third kappa shape index (κ3) is 4.67. The van der Waals surface area contributed by atoms with Gasteiger partial charge in [0.2, 0.25) is 0 Å². The van der Waals surface area contributed by atoms with E-state index in [-0.39, 0.29) is 11.7 Å². The molecule has 0 saturated carbocycles. The van der Waals surface area contributed by atoms with Gasteiger partial charge in [-0.05, 0) is 48.9 Å². The maximum Gasteiger partial charge on any atom is 0.257 e. The zero-order valence-electron chi connectivity index (χ0n) is 14.4. The van der Waals surface area contributed by atoms with Crippen molar-refractivity contribution in [3.8, 4) is 17.0 Å². The number of carbonyl (C=O) groups excluding carboxylic acids is 1. The lowest BCUT2D eigenvalue weighted by atomic mass is 10.2. The Morgan fingerprint density at radius 1 is 1.23 bits per heavy atom. The molecule has 0 unspecified atom stereocenters. The van der Waals surface area contributed by atoms with Crippen molar-refractivity contribution in [2.24, 2.45) is 0 Å². The second kappa shape index (κ2) is 8.58.